The fourth-order valence-electron chi connectivity index (χ4n) is 3.00. The molecule has 0 radical (unpaired) electrons. The second-order valence-corrected chi connectivity index (χ2v) is 6.41. The average Bonchev–Trinajstić information content (AvgIpc) is 2.93. The number of rotatable bonds is 4. The molecule has 1 unspecified atom stereocenters. The first-order valence-electron chi connectivity index (χ1n) is 8.06. The van der Waals surface area contributed by atoms with Crippen molar-refractivity contribution >= 4 is 22.8 Å². The maximum absolute atomic E-state index is 12.3. The summed E-state index contributed by atoms with van der Waals surface area (Å²) in [5.41, 5.74) is -0.218. The Morgan fingerprint density at radius 3 is 2.79 bits per heavy atom. The average molecular weight is 328 g/mol. The quantitative estimate of drug-likeness (QED) is 0.868. The number of carbonyl (C=O) groups is 2. The van der Waals surface area contributed by atoms with Gasteiger partial charge >= 0.3 is 5.63 Å². The van der Waals surface area contributed by atoms with Crippen LogP contribution in [0.25, 0.3) is 11.0 Å². The summed E-state index contributed by atoms with van der Waals surface area (Å²) in [6.07, 6.45) is 0.421. The number of fused-ring (bicyclic) bond motifs is 1. The molecule has 0 saturated carbocycles. The van der Waals surface area contributed by atoms with Crippen LogP contribution >= 0.6 is 0 Å². The number of hydrogen-bond acceptors (Lipinski definition) is 4. The van der Waals surface area contributed by atoms with Crippen LogP contribution in [0.3, 0.4) is 0 Å². The third-order valence-electron chi connectivity index (χ3n) is 4.30. The van der Waals surface area contributed by atoms with Crippen LogP contribution in [0.15, 0.2) is 39.5 Å². The van der Waals surface area contributed by atoms with Crippen molar-refractivity contribution in [1.82, 2.24) is 10.2 Å². The minimum absolute atomic E-state index is 0.0151. The maximum Gasteiger partial charge on any atom is 0.349 e. The number of nitrogens with one attached hydrogen (secondary N) is 1. The summed E-state index contributed by atoms with van der Waals surface area (Å²) < 4.78 is 5.17. The molecule has 2 aromatic rings. The van der Waals surface area contributed by atoms with E-state index in [0.717, 1.165) is 0 Å². The van der Waals surface area contributed by atoms with Gasteiger partial charge in [-0.3, -0.25) is 9.59 Å². The molecule has 1 aromatic heterocycles. The van der Waals surface area contributed by atoms with Gasteiger partial charge in [0.05, 0.1) is 0 Å². The van der Waals surface area contributed by atoms with Crippen LogP contribution in [0.2, 0.25) is 0 Å². The van der Waals surface area contributed by atoms with Gasteiger partial charge in [-0.1, -0.05) is 18.2 Å². The highest BCUT2D eigenvalue weighted by molar-refractivity contribution is 5.96. The second kappa shape index (κ2) is 6.47. The highest BCUT2D eigenvalue weighted by atomic mass is 16.4. The molecule has 1 N–H and O–H groups in total. The molecule has 1 aromatic carbocycles. The fraction of sp³-hybridized carbons (Fsp3) is 0.389. The van der Waals surface area contributed by atoms with Crippen LogP contribution in [0.4, 0.5) is 0 Å². The van der Waals surface area contributed by atoms with Gasteiger partial charge in [-0.05, 0) is 26.0 Å². The Kier molecular flexibility index (Phi) is 4.38. The van der Waals surface area contributed by atoms with E-state index in [-0.39, 0.29) is 23.4 Å². The summed E-state index contributed by atoms with van der Waals surface area (Å²) in [5.74, 6) is -0.296. The van der Waals surface area contributed by atoms with Crippen molar-refractivity contribution in [2.45, 2.75) is 26.3 Å². The summed E-state index contributed by atoms with van der Waals surface area (Å²) in [7, 11) is 0. The van der Waals surface area contributed by atoms with Crippen LogP contribution in [0.5, 0.6) is 0 Å². The van der Waals surface area contributed by atoms with Crippen molar-refractivity contribution in [3.8, 4) is 0 Å². The van der Waals surface area contributed by atoms with Gasteiger partial charge in [0, 0.05) is 36.9 Å². The standard InChI is InChI=1S/C18H20N2O4/c1-11(2)20-10-12(7-16(20)21)9-19-17(22)14-8-13-5-3-4-6-15(13)24-18(14)23/h3-6,8,11-12H,7,9-10H2,1-2H3,(H,19,22). The molecule has 24 heavy (non-hydrogen) atoms. The highest BCUT2D eigenvalue weighted by Crippen LogP contribution is 2.19. The Hall–Kier alpha value is -2.63. The predicted octanol–water partition coefficient (Wildman–Crippen LogP) is 1.78. The molecular formula is C18H20N2O4. The molecule has 2 heterocycles. The lowest BCUT2D eigenvalue weighted by molar-refractivity contribution is -0.129. The van der Waals surface area contributed by atoms with Crippen molar-refractivity contribution in [2.75, 3.05) is 13.1 Å². The number of likely N-dealkylation sites (tertiary alicyclic amines) is 1. The largest absolute Gasteiger partial charge is 0.422 e. The molecule has 1 aliphatic rings. The summed E-state index contributed by atoms with van der Waals surface area (Å²) in [4.78, 5) is 38.0. The van der Waals surface area contributed by atoms with E-state index in [0.29, 0.717) is 30.5 Å². The molecule has 1 fully saturated rings. The Morgan fingerprint density at radius 2 is 2.08 bits per heavy atom. The Morgan fingerprint density at radius 1 is 1.33 bits per heavy atom. The minimum Gasteiger partial charge on any atom is -0.422 e. The fourth-order valence-corrected chi connectivity index (χ4v) is 3.00. The summed E-state index contributed by atoms with van der Waals surface area (Å²) in [6.45, 7) is 4.93. The van der Waals surface area contributed by atoms with Crippen molar-refractivity contribution in [3.63, 3.8) is 0 Å². The Labute approximate surface area is 139 Å². The molecule has 1 saturated heterocycles. The number of carbonyl (C=O) groups excluding carboxylic acids is 2. The predicted molar refractivity (Wildman–Crippen MR) is 89.8 cm³/mol. The monoisotopic (exact) mass is 328 g/mol. The molecule has 126 valence electrons. The van der Waals surface area contributed by atoms with Crippen molar-refractivity contribution in [1.29, 1.82) is 0 Å². The van der Waals surface area contributed by atoms with E-state index in [1.54, 1.807) is 23.1 Å². The van der Waals surface area contributed by atoms with E-state index in [9.17, 15) is 14.4 Å². The summed E-state index contributed by atoms with van der Waals surface area (Å²) >= 11 is 0. The number of nitrogens with zero attached hydrogens (tertiary/aromatic N) is 1. The zero-order valence-corrected chi connectivity index (χ0v) is 13.7. The number of para-hydroxylation sites is 1. The first-order chi connectivity index (χ1) is 11.5. The first-order valence-corrected chi connectivity index (χ1v) is 8.06. The van der Waals surface area contributed by atoms with Gasteiger partial charge in [0.15, 0.2) is 0 Å². The van der Waals surface area contributed by atoms with Crippen LogP contribution in [0.1, 0.15) is 30.6 Å². The Balaban J connectivity index is 1.69. The van der Waals surface area contributed by atoms with E-state index in [1.165, 1.54) is 6.07 Å². The summed E-state index contributed by atoms with van der Waals surface area (Å²) in [5, 5.41) is 3.45. The van der Waals surface area contributed by atoms with E-state index in [2.05, 4.69) is 5.32 Å². The number of hydrogen-bond donors (Lipinski definition) is 1. The highest BCUT2D eigenvalue weighted by Gasteiger charge is 2.31. The molecule has 2 amide bonds. The Bertz CT molecular complexity index is 840. The van der Waals surface area contributed by atoms with Gasteiger partial charge in [0.1, 0.15) is 11.1 Å². The molecule has 3 rings (SSSR count). The van der Waals surface area contributed by atoms with Crippen molar-refractivity contribution in [2.24, 2.45) is 5.92 Å². The smallest absolute Gasteiger partial charge is 0.349 e. The van der Waals surface area contributed by atoms with E-state index < -0.39 is 11.5 Å². The van der Waals surface area contributed by atoms with E-state index in [1.807, 2.05) is 19.9 Å². The van der Waals surface area contributed by atoms with Crippen molar-refractivity contribution < 1.29 is 14.0 Å². The van der Waals surface area contributed by atoms with E-state index >= 15 is 0 Å². The van der Waals surface area contributed by atoms with Gasteiger partial charge in [0.25, 0.3) is 5.91 Å². The SMILES string of the molecule is CC(C)N1CC(CNC(=O)c2cc3ccccc3oc2=O)CC1=O. The van der Waals surface area contributed by atoms with Gasteiger partial charge in [0.2, 0.25) is 5.91 Å². The molecular weight excluding hydrogens is 308 g/mol. The molecule has 6 heteroatoms. The molecule has 1 aliphatic heterocycles. The van der Waals surface area contributed by atoms with Crippen LogP contribution in [0, 0.1) is 5.92 Å². The topological polar surface area (TPSA) is 79.6 Å². The second-order valence-electron chi connectivity index (χ2n) is 6.41. The zero-order valence-electron chi connectivity index (χ0n) is 13.7. The molecule has 0 aliphatic carbocycles. The van der Waals surface area contributed by atoms with Crippen LogP contribution in [-0.2, 0) is 4.79 Å². The lowest BCUT2D eigenvalue weighted by atomic mass is 10.1. The van der Waals surface area contributed by atoms with Crippen LogP contribution < -0.4 is 10.9 Å². The lowest BCUT2D eigenvalue weighted by Crippen LogP contribution is -2.35. The number of amides is 2. The molecule has 0 spiro atoms. The third kappa shape index (κ3) is 3.18. The summed E-state index contributed by atoms with van der Waals surface area (Å²) in [6, 6.07) is 8.74. The maximum atomic E-state index is 12.3. The van der Waals surface area contributed by atoms with Gasteiger partial charge in [-0.2, -0.15) is 0 Å². The third-order valence-corrected chi connectivity index (χ3v) is 4.30. The van der Waals surface area contributed by atoms with E-state index in [4.69, 9.17) is 4.42 Å². The first kappa shape index (κ1) is 16.2. The zero-order chi connectivity index (χ0) is 17.3. The van der Waals surface area contributed by atoms with Gasteiger partial charge in [-0.25, -0.2) is 4.79 Å². The number of benzene rings is 1. The van der Waals surface area contributed by atoms with Gasteiger partial charge in [-0.15, -0.1) is 0 Å². The van der Waals surface area contributed by atoms with Gasteiger partial charge < -0.3 is 14.6 Å². The minimum atomic E-state index is -0.655. The molecule has 6 nitrogen and oxygen atoms in total. The van der Waals surface area contributed by atoms with Crippen molar-refractivity contribution in [3.05, 3.63) is 46.3 Å². The lowest BCUT2D eigenvalue weighted by Gasteiger charge is -2.21. The molecule has 1 atom stereocenters. The van der Waals surface area contributed by atoms with Crippen LogP contribution in [-0.4, -0.2) is 35.8 Å². The molecule has 0 bridgehead atoms. The normalized spacial score (nSPS) is 17.7.